The average Bonchev–Trinajstić information content (AvgIpc) is 3.48. The summed E-state index contributed by atoms with van der Waals surface area (Å²) in [5, 5.41) is 10.4. The van der Waals surface area contributed by atoms with Gasteiger partial charge in [0.05, 0.1) is 30.1 Å². The van der Waals surface area contributed by atoms with Gasteiger partial charge >= 0.3 is 5.97 Å². The first kappa shape index (κ1) is 24.9. The molecule has 1 saturated heterocycles. The second-order valence-corrected chi connectivity index (χ2v) is 9.53. The summed E-state index contributed by atoms with van der Waals surface area (Å²) in [4.78, 5) is 21.5. The van der Waals surface area contributed by atoms with Crippen LogP contribution in [0.3, 0.4) is 0 Å². The molecule has 0 aliphatic carbocycles. The Morgan fingerprint density at radius 3 is 2.73 bits per heavy atom. The molecule has 194 valence electrons. The van der Waals surface area contributed by atoms with E-state index in [0.29, 0.717) is 17.2 Å². The van der Waals surface area contributed by atoms with Gasteiger partial charge in [0.25, 0.3) is 0 Å². The highest BCUT2D eigenvalue weighted by Gasteiger charge is 2.24. The van der Waals surface area contributed by atoms with Crippen molar-refractivity contribution in [3.63, 3.8) is 0 Å². The number of aryl methyl sites for hydroxylation is 1. The van der Waals surface area contributed by atoms with Gasteiger partial charge < -0.3 is 14.2 Å². The minimum atomic E-state index is -0.548. The zero-order valence-corrected chi connectivity index (χ0v) is 21.8. The van der Waals surface area contributed by atoms with Gasteiger partial charge in [-0.2, -0.15) is 10.2 Å². The van der Waals surface area contributed by atoms with Gasteiger partial charge in [0.2, 0.25) is 0 Å². The Bertz CT molecular complexity index is 1420. The van der Waals surface area contributed by atoms with Crippen molar-refractivity contribution in [2.45, 2.75) is 65.3 Å². The van der Waals surface area contributed by atoms with E-state index in [1.165, 1.54) is 7.11 Å². The van der Waals surface area contributed by atoms with E-state index in [2.05, 4.69) is 10.1 Å². The van der Waals surface area contributed by atoms with Crippen molar-refractivity contribution in [3.8, 4) is 28.5 Å². The Kier molecular flexibility index (Phi) is 6.92. The van der Waals surface area contributed by atoms with Crippen LogP contribution in [0.2, 0.25) is 0 Å². The molecule has 2 atom stereocenters. The maximum absolute atomic E-state index is 12.0. The number of nitrogens with zero attached hydrogens (tertiary/aromatic N) is 6. The molecule has 2 unspecified atom stereocenters. The third kappa shape index (κ3) is 4.93. The Labute approximate surface area is 215 Å². The molecule has 1 fully saturated rings. The summed E-state index contributed by atoms with van der Waals surface area (Å²) in [6.45, 7) is 8.35. The summed E-state index contributed by atoms with van der Waals surface area (Å²) in [6.07, 6.45) is 6.49. The second-order valence-electron chi connectivity index (χ2n) is 9.53. The molecule has 0 saturated carbocycles. The lowest BCUT2D eigenvalue weighted by molar-refractivity contribution is -0.144. The van der Waals surface area contributed by atoms with E-state index in [9.17, 15) is 4.79 Å². The van der Waals surface area contributed by atoms with Crippen LogP contribution in [-0.4, -0.2) is 55.3 Å². The highest BCUT2D eigenvalue weighted by Crippen LogP contribution is 2.34. The van der Waals surface area contributed by atoms with Gasteiger partial charge in [0.1, 0.15) is 17.5 Å². The standard InChI is InChI=1S/C27H32N6O4/c1-16(2)37-19-9-10-23-20(14-19)25(31-33(23)24-8-6-7-13-36-24)26-28-12-11-22(29-26)21-15-32(30-17(21)3)18(4)27(34)35-5/h9-12,14-16,18,24H,6-8,13H2,1-5H3. The van der Waals surface area contributed by atoms with Crippen molar-refractivity contribution in [3.05, 3.63) is 42.4 Å². The van der Waals surface area contributed by atoms with Crippen LogP contribution in [0.1, 0.15) is 58.0 Å². The van der Waals surface area contributed by atoms with E-state index in [1.807, 2.05) is 55.9 Å². The molecule has 0 bridgehead atoms. The number of benzene rings is 1. The molecule has 37 heavy (non-hydrogen) atoms. The summed E-state index contributed by atoms with van der Waals surface area (Å²) in [5.74, 6) is 0.892. The Morgan fingerprint density at radius 2 is 2.00 bits per heavy atom. The Balaban J connectivity index is 1.59. The number of fused-ring (bicyclic) bond motifs is 1. The number of hydrogen-bond acceptors (Lipinski definition) is 8. The molecule has 10 heteroatoms. The first-order valence-electron chi connectivity index (χ1n) is 12.6. The van der Waals surface area contributed by atoms with Crippen LogP contribution >= 0.6 is 0 Å². The molecular formula is C27H32N6O4. The van der Waals surface area contributed by atoms with Gasteiger partial charge in [0.15, 0.2) is 12.1 Å². The third-order valence-electron chi connectivity index (χ3n) is 6.48. The number of carbonyl (C=O) groups excluding carboxylic acids is 1. The number of aromatic nitrogens is 6. The van der Waals surface area contributed by atoms with Gasteiger partial charge in [0, 0.05) is 30.0 Å². The first-order valence-corrected chi connectivity index (χ1v) is 12.6. The lowest BCUT2D eigenvalue weighted by Crippen LogP contribution is -2.19. The van der Waals surface area contributed by atoms with Crippen LogP contribution in [0.5, 0.6) is 5.75 Å². The van der Waals surface area contributed by atoms with Crippen LogP contribution in [-0.2, 0) is 14.3 Å². The second kappa shape index (κ2) is 10.3. The SMILES string of the molecule is COC(=O)C(C)n1cc(-c2ccnc(-c3nn(C4CCCCO4)c4ccc(OC(C)C)cc34)n2)c(C)n1. The number of methoxy groups -OCH3 is 1. The largest absolute Gasteiger partial charge is 0.491 e. The first-order chi connectivity index (χ1) is 17.9. The highest BCUT2D eigenvalue weighted by molar-refractivity contribution is 5.93. The molecule has 0 spiro atoms. The Hall–Kier alpha value is -3.79. The average molecular weight is 505 g/mol. The fourth-order valence-corrected chi connectivity index (χ4v) is 4.60. The topological polar surface area (TPSA) is 106 Å². The van der Waals surface area contributed by atoms with Crippen molar-refractivity contribution in [2.75, 3.05) is 13.7 Å². The zero-order valence-electron chi connectivity index (χ0n) is 21.8. The summed E-state index contributed by atoms with van der Waals surface area (Å²) in [6, 6.07) is 7.26. The molecule has 5 rings (SSSR count). The molecule has 4 heterocycles. The predicted octanol–water partition coefficient (Wildman–Crippen LogP) is 4.89. The molecule has 0 N–H and O–H groups in total. The van der Waals surface area contributed by atoms with E-state index in [4.69, 9.17) is 24.3 Å². The maximum atomic E-state index is 12.0. The number of esters is 1. The molecule has 1 aromatic carbocycles. The lowest BCUT2D eigenvalue weighted by atomic mass is 10.1. The normalized spacial score (nSPS) is 16.8. The summed E-state index contributed by atoms with van der Waals surface area (Å²) in [7, 11) is 1.37. The quantitative estimate of drug-likeness (QED) is 0.328. The molecule has 0 radical (unpaired) electrons. The number of hydrogen-bond donors (Lipinski definition) is 0. The third-order valence-corrected chi connectivity index (χ3v) is 6.48. The van der Waals surface area contributed by atoms with E-state index in [-0.39, 0.29) is 18.3 Å². The van der Waals surface area contributed by atoms with E-state index in [1.54, 1.807) is 17.8 Å². The van der Waals surface area contributed by atoms with Gasteiger partial charge in [-0.15, -0.1) is 0 Å². The molecule has 10 nitrogen and oxygen atoms in total. The smallest absolute Gasteiger partial charge is 0.330 e. The molecule has 1 aliphatic rings. The Morgan fingerprint density at radius 1 is 1.16 bits per heavy atom. The fourth-order valence-electron chi connectivity index (χ4n) is 4.60. The number of rotatable bonds is 7. The van der Waals surface area contributed by atoms with Crippen molar-refractivity contribution in [1.29, 1.82) is 0 Å². The highest BCUT2D eigenvalue weighted by atomic mass is 16.5. The summed E-state index contributed by atoms with van der Waals surface area (Å²) >= 11 is 0. The molecule has 4 aromatic rings. The van der Waals surface area contributed by atoms with Crippen molar-refractivity contribution < 1.29 is 19.0 Å². The van der Waals surface area contributed by atoms with Gasteiger partial charge in [-0.1, -0.05) is 0 Å². The van der Waals surface area contributed by atoms with Crippen molar-refractivity contribution >= 4 is 16.9 Å². The van der Waals surface area contributed by atoms with E-state index >= 15 is 0 Å². The fraction of sp³-hybridized carbons (Fsp3) is 0.444. The van der Waals surface area contributed by atoms with E-state index in [0.717, 1.165) is 53.8 Å². The number of carbonyl (C=O) groups is 1. The minimum Gasteiger partial charge on any atom is -0.491 e. The minimum absolute atomic E-state index is 0.0455. The molecule has 3 aromatic heterocycles. The van der Waals surface area contributed by atoms with Gasteiger partial charge in [-0.25, -0.2) is 19.4 Å². The lowest BCUT2D eigenvalue weighted by Gasteiger charge is -2.23. The monoisotopic (exact) mass is 504 g/mol. The van der Waals surface area contributed by atoms with Gasteiger partial charge in [-0.05, 0) is 71.2 Å². The van der Waals surface area contributed by atoms with Crippen LogP contribution in [0.15, 0.2) is 36.7 Å². The van der Waals surface area contributed by atoms with Crippen LogP contribution in [0.4, 0.5) is 0 Å². The molecule has 0 amide bonds. The maximum Gasteiger partial charge on any atom is 0.330 e. The summed E-state index contributed by atoms with van der Waals surface area (Å²) < 4.78 is 20.4. The van der Waals surface area contributed by atoms with Crippen LogP contribution in [0, 0.1) is 6.92 Å². The summed E-state index contributed by atoms with van der Waals surface area (Å²) in [5.41, 5.74) is 3.86. The van der Waals surface area contributed by atoms with E-state index < -0.39 is 6.04 Å². The van der Waals surface area contributed by atoms with Crippen molar-refractivity contribution in [1.82, 2.24) is 29.5 Å². The predicted molar refractivity (Wildman–Crippen MR) is 138 cm³/mol. The van der Waals surface area contributed by atoms with Crippen LogP contribution < -0.4 is 4.74 Å². The van der Waals surface area contributed by atoms with Crippen LogP contribution in [0.25, 0.3) is 33.7 Å². The van der Waals surface area contributed by atoms with Gasteiger partial charge in [-0.3, -0.25) is 4.68 Å². The van der Waals surface area contributed by atoms with Crippen molar-refractivity contribution in [2.24, 2.45) is 0 Å². The zero-order chi connectivity index (χ0) is 26.1. The number of ether oxygens (including phenoxy) is 3. The molecule has 1 aliphatic heterocycles. The molecular weight excluding hydrogens is 472 g/mol.